The van der Waals surface area contributed by atoms with E-state index in [0.717, 1.165) is 11.3 Å². The number of carbonyl (C=O) groups excluding carboxylic acids is 1. The van der Waals surface area contributed by atoms with Crippen LogP contribution in [-0.2, 0) is 19.7 Å². The fraction of sp³-hybridized carbons (Fsp3) is 0.263. The van der Waals surface area contributed by atoms with Crippen LogP contribution in [0.25, 0.3) is 0 Å². The lowest BCUT2D eigenvalue weighted by molar-refractivity contribution is 0.0918. The molecule has 0 saturated carbocycles. The van der Waals surface area contributed by atoms with E-state index in [4.69, 9.17) is 9.15 Å². The van der Waals surface area contributed by atoms with E-state index in [1.807, 2.05) is 13.8 Å². The standard InChI is InChI=1S/C19H16F5N3O3/c1-3-27-9(2)10(7-26-27)6-25-19(28)12-5-4-11(30-12)8-29-18-16(23)14(21)13(20)15(22)17(18)24/h4-5,7H,3,6,8H2,1-2H3,(H,25,28). The third-order valence-electron chi connectivity index (χ3n) is 4.36. The minimum Gasteiger partial charge on any atom is -0.479 e. The van der Waals surface area contributed by atoms with E-state index in [0.29, 0.717) is 6.54 Å². The molecule has 11 heteroatoms. The number of nitrogens with zero attached hydrogens (tertiary/aromatic N) is 2. The highest BCUT2D eigenvalue weighted by Gasteiger charge is 2.27. The van der Waals surface area contributed by atoms with E-state index >= 15 is 0 Å². The van der Waals surface area contributed by atoms with Crippen LogP contribution in [0.4, 0.5) is 22.0 Å². The largest absolute Gasteiger partial charge is 0.479 e. The van der Waals surface area contributed by atoms with Gasteiger partial charge >= 0.3 is 0 Å². The fourth-order valence-corrected chi connectivity index (χ4v) is 2.67. The maximum absolute atomic E-state index is 13.6. The molecular formula is C19H16F5N3O3. The Morgan fingerprint density at radius 2 is 1.73 bits per heavy atom. The number of halogens is 5. The zero-order chi connectivity index (χ0) is 22.0. The summed E-state index contributed by atoms with van der Waals surface area (Å²) in [5.74, 6) is -12.9. The number of amides is 1. The lowest BCUT2D eigenvalue weighted by Gasteiger charge is -2.09. The Hall–Kier alpha value is -3.37. The lowest BCUT2D eigenvalue weighted by Crippen LogP contribution is -2.22. The van der Waals surface area contributed by atoms with Crippen molar-refractivity contribution in [2.24, 2.45) is 0 Å². The topological polar surface area (TPSA) is 69.3 Å². The molecule has 1 aromatic carbocycles. The molecule has 0 unspecified atom stereocenters. The van der Waals surface area contributed by atoms with E-state index in [2.05, 4.69) is 10.4 Å². The van der Waals surface area contributed by atoms with Gasteiger partial charge in [0.25, 0.3) is 5.91 Å². The molecule has 0 atom stereocenters. The smallest absolute Gasteiger partial charge is 0.287 e. The predicted molar refractivity (Wildman–Crippen MR) is 93.1 cm³/mol. The third kappa shape index (κ3) is 4.00. The number of rotatable bonds is 7. The highest BCUT2D eigenvalue weighted by atomic mass is 19.2. The summed E-state index contributed by atoms with van der Waals surface area (Å²) in [5.41, 5.74) is 1.71. The van der Waals surface area contributed by atoms with E-state index < -0.39 is 47.3 Å². The Kier molecular flexibility index (Phi) is 6.09. The van der Waals surface area contributed by atoms with Crippen LogP contribution in [0.1, 0.15) is 34.5 Å². The minimum absolute atomic E-state index is 0.0564. The zero-order valence-electron chi connectivity index (χ0n) is 15.9. The van der Waals surface area contributed by atoms with Gasteiger partial charge in [-0.05, 0) is 26.0 Å². The summed E-state index contributed by atoms with van der Waals surface area (Å²) in [7, 11) is 0. The van der Waals surface area contributed by atoms with Gasteiger partial charge in [0.2, 0.25) is 29.1 Å². The van der Waals surface area contributed by atoms with E-state index in [1.165, 1.54) is 12.1 Å². The number of ether oxygens (including phenoxy) is 1. The SMILES string of the molecule is CCn1ncc(CNC(=O)c2ccc(COc3c(F)c(F)c(F)c(F)c3F)o2)c1C. The molecule has 0 aliphatic carbocycles. The average Bonchev–Trinajstić information content (AvgIpc) is 3.35. The van der Waals surface area contributed by atoms with Crippen molar-refractivity contribution in [2.75, 3.05) is 0 Å². The second-order valence-electron chi connectivity index (χ2n) is 6.21. The third-order valence-corrected chi connectivity index (χ3v) is 4.36. The van der Waals surface area contributed by atoms with Gasteiger partial charge in [-0.2, -0.15) is 13.9 Å². The first-order chi connectivity index (χ1) is 14.2. The summed E-state index contributed by atoms with van der Waals surface area (Å²) < 4.78 is 78.3. The first kappa shape index (κ1) is 21.3. The van der Waals surface area contributed by atoms with Crippen LogP contribution in [-0.4, -0.2) is 15.7 Å². The number of hydrogen-bond donors (Lipinski definition) is 1. The summed E-state index contributed by atoms with van der Waals surface area (Å²) in [6, 6.07) is 2.57. The number of aromatic nitrogens is 2. The number of hydrogen-bond acceptors (Lipinski definition) is 4. The Bertz CT molecular complexity index is 1060. The predicted octanol–water partition coefficient (Wildman–Crippen LogP) is 4.01. The van der Waals surface area contributed by atoms with Gasteiger partial charge in [-0.15, -0.1) is 0 Å². The van der Waals surface area contributed by atoms with Crippen LogP contribution in [0.5, 0.6) is 5.75 Å². The first-order valence-corrected chi connectivity index (χ1v) is 8.77. The molecular weight excluding hydrogens is 413 g/mol. The van der Waals surface area contributed by atoms with Crippen LogP contribution >= 0.6 is 0 Å². The van der Waals surface area contributed by atoms with Crippen molar-refractivity contribution < 1.29 is 35.9 Å². The molecule has 0 radical (unpaired) electrons. The molecule has 0 aliphatic heterocycles. The molecule has 3 aromatic rings. The molecule has 30 heavy (non-hydrogen) atoms. The van der Waals surface area contributed by atoms with Crippen LogP contribution in [0.2, 0.25) is 0 Å². The molecule has 1 N–H and O–H groups in total. The van der Waals surface area contributed by atoms with Gasteiger partial charge in [-0.1, -0.05) is 0 Å². The van der Waals surface area contributed by atoms with Crippen molar-refractivity contribution in [1.29, 1.82) is 0 Å². The molecule has 0 fully saturated rings. The second-order valence-corrected chi connectivity index (χ2v) is 6.21. The minimum atomic E-state index is -2.28. The summed E-state index contributed by atoms with van der Waals surface area (Å²) in [6.07, 6.45) is 1.63. The van der Waals surface area contributed by atoms with E-state index in [1.54, 1.807) is 10.9 Å². The molecule has 2 heterocycles. The molecule has 0 spiro atoms. The number of carbonyl (C=O) groups is 1. The summed E-state index contributed by atoms with van der Waals surface area (Å²) in [5, 5.41) is 6.79. The van der Waals surface area contributed by atoms with Gasteiger partial charge in [0.05, 0.1) is 6.20 Å². The van der Waals surface area contributed by atoms with Gasteiger partial charge in [0, 0.05) is 24.3 Å². The van der Waals surface area contributed by atoms with Gasteiger partial charge in [0.15, 0.2) is 11.5 Å². The molecule has 0 aliphatic rings. The monoisotopic (exact) mass is 429 g/mol. The lowest BCUT2D eigenvalue weighted by atomic mass is 10.2. The van der Waals surface area contributed by atoms with E-state index in [9.17, 15) is 26.7 Å². The average molecular weight is 429 g/mol. The fourth-order valence-electron chi connectivity index (χ4n) is 2.67. The van der Waals surface area contributed by atoms with Crippen LogP contribution in [0.3, 0.4) is 0 Å². The van der Waals surface area contributed by atoms with Crippen molar-refractivity contribution in [3.05, 3.63) is 70.2 Å². The quantitative estimate of drug-likeness (QED) is 0.350. The molecule has 1 amide bonds. The highest BCUT2D eigenvalue weighted by Crippen LogP contribution is 2.29. The van der Waals surface area contributed by atoms with E-state index in [-0.39, 0.29) is 18.1 Å². The molecule has 160 valence electrons. The van der Waals surface area contributed by atoms with Gasteiger partial charge < -0.3 is 14.5 Å². The Morgan fingerprint density at radius 1 is 1.10 bits per heavy atom. The molecule has 0 saturated heterocycles. The Balaban J connectivity index is 1.64. The second kappa shape index (κ2) is 8.56. The van der Waals surface area contributed by atoms with Crippen LogP contribution in [0.15, 0.2) is 22.7 Å². The number of benzene rings is 1. The van der Waals surface area contributed by atoms with Crippen molar-refractivity contribution in [1.82, 2.24) is 15.1 Å². The summed E-state index contributed by atoms with van der Waals surface area (Å²) in [4.78, 5) is 12.2. The van der Waals surface area contributed by atoms with Crippen molar-refractivity contribution in [2.45, 2.75) is 33.5 Å². The zero-order valence-corrected chi connectivity index (χ0v) is 15.9. The van der Waals surface area contributed by atoms with Gasteiger partial charge in [-0.3, -0.25) is 9.48 Å². The Labute approximate surface area is 167 Å². The number of nitrogens with one attached hydrogen (secondary N) is 1. The normalized spacial score (nSPS) is 11.0. The van der Waals surface area contributed by atoms with Gasteiger partial charge in [0.1, 0.15) is 12.4 Å². The number of furan rings is 1. The molecule has 6 nitrogen and oxygen atoms in total. The summed E-state index contributed by atoms with van der Waals surface area (Å²) >= 11 is 0. The van der Waals surface area contributed by atoms with Crippen LogP contribution in [0, 0.1) is 36.0 Å². The summed E-state index contributed by atoms with van der Waals surface area (Å²) in [6.45, 7) is 4.01. The molecule has 3 rings (SSSR count). The van der Waals surface area contributed by atoms with Crippen molar-refractivity contribution >= 4 is 5.91 Å². The number of aryl methyl sites for hydroxylation is 1. The Morgan fingerprint density at radius 3 is 2.33 bits per heavy atom. The first-order valence-electron chi connectivity index (χ1n) is 8.77. The molecule has 0 bridgehead atoms. The van der Waals surface area contributed by atoms with Crippen molar-refractivity contribution in [3.63, 3.8) is 0 Å². The maximum Gasteiger partial charge on any atom is 0.287 e. The maximum atomic E-state index is 13.6. The molecule has 2 aromatic heterocycles. The van der Waals surface area contributed by atoms with Crippen LogP contribution < -0.4 is 10.1 Å². The highest BCUT2D eigenvalue weighted by molar-refractivity contribution is 5.91. The van der Waals surface area contributed by atoms with Gasteiger partial charge in [-0.25, -0.2) is 13.2 Å². The van der Waals surface area contributed by atoms with Crippen molar-refractivity contribution in [3.8, 4) is 5.75 Å².